The summed E-state index contributed by atoms with van der Waals surface area (Å²) in [5.41, 5.74) is 0.289. The van der Waals surface area contributed by atoms with Crippen LogP contribution in [0.1, 0.15) is 49.8 Å². The average molecular weight is 408 g/mol. The van der Waals surface area contributed by atoms with Crippen LogP contribution in [0.5, 0.6) is 0 Å². The van der Waals surface area contributed by atoms with Crippen LogP contribution in [0.2, 0.25) is 0 Å². The Kier molecular flexibility index (Phi) is 6.61. The third kappa shape index (κ3) is 4.10. The summed E-state index contributed by atoms with van der Waals surface area (Å²) in [5, 5.41) is 22.5. The van der Waals surface area contributed by atoms with E-state index in [2.05, 4.69) is 6.92 Å². The van der Waals surface area contributed by atoms with Crippen molar-refractivity contribution in [3.8, 4) is 0 Å². The van der Waals surface area contributed by atoms with Gasteiger partial charge in [0.1, 0.15) is 5.76 Å². The second kappa shape index (κ2) is 9.35. The predicted octanol–water partition coefficient (Wildman–Crippen LogP) is 4.60. The number of unbranched alkanes of at least 4 members (excludes halogenated alkanes) is 3. The van der Waals surface area contributed by atoms with E-state index in [1.807, 2.05) is 0 Å². The Hall–Kier alpha value is -3.48. The highest BCUT2D eigenvalue weighted by molar-refractivity contribution is 6.46. The number of amides is 1. The highest BCUT2D eigenvalue weighted by Gasteiger charge is 2.47. The zero-order valence-corrected chi connectivity index (χ0v) is 16.8. The third-order valence-electron chi connectivity index (χ3n) is 5.27. The molecule has 1 aliphatic rings. The standard InChI is InChI=1S/C23H24N2O5/c1-2-3-4-10-15-24-20(17-13-8-9-14-18(17)25(29)30)19(22(27)23(24)28)21(26)16-11-6-5-7-12-16/h5-9,11-14,20,26H,2-4,10,15H2,1H3/b21-19+. The van der Waals surface area contributed by atoms with Crippen LogP contribution in [-0.4, -0.2) is 33.2 Å². The van der Waals surface area contributed by atoms with Crippen molar-refractivity contribution < 1.29 is 19.6 Å². The molecule has 0 aliphatic carbocycles. The highest BCUT2D eigenvalue weighted by Crippen LogP contribution is 2.42. The van der Waals surface area contributed by atoms with Crippen molar-refractivity contribution in [3.05, 3.63) is 81.4 Å². The zero-order chi connectivity index (χ0) is 21.7. The molecule has 1 aliphatic heterocycles. The molecule has 1 N–H and O–H groups in total. The molecule has 0 spiro atoms. The fraction of sp³-hybridized carbons (Fsp3) is 0.304. The van der Waals surface area contributed by atoms with Crippen LogP contribution < -0.4 is 0 Å². The van der Waals surface area contributed by atoms with Gasteiger partial charge in [0.25, 0.3) is 17.4 Å². The van der Waals surface area contributed by atoms with Crippen molar-refractivity contribution in [1.82, 2.24) is 4.90 Å². The lowest BCUT2D eigenvalue weighted by Crippen LogP contribution is -2.31. The number of benzene rings is 2. The van der Waals surface area contributed by atoms with Gasteiger partial charge in [0.15, 0.2) is 0 Å². The van der Waals surface area contributed by atoms with Gasteiger partial charge in [-0.1, -0.05) is 68.7 Å². The van der Waals surface area contributed by atoms with Crippen molar-refractivity contribution in [2.75, 3.05) is 6.54 Å². The minimum absolute atomic E-state index is 0.115. The maximum atomic E-state index is 12.9. The van der Waals surface area contributed by atoms with Crippen molar-refractivity contribution in [1.29, 1.82) is 0 Å². The first-order valence-corrected chi connectivity index (χ1v) is 10.0. The molecular weight excluding hydrogens is 384 g/mol. The molecule has 1 fully saturated rings. The molecule has 7 nitrogen and oxygen atoms in total. The molecule has 1 heterocycles. The lowest BCUT2D eigenvalue weighted by atomic mass is 9.94. The van der Waals surface area contributed by atoms with Gasteiger partial charge in [-0.25, -0.2) is 0 Å². The first kappa shape index (κ1) is 21.2. The first-order chi connectivity index (χ1) is 14.5. The predicted molar refractivity (Wildman–Crippen MR) is 113 cm³/mol. The Labute approximate surface area is 174 Å². The highest BCUT2D eigenvalue weighted by atomic mass is 16.6. The summed E-state index contributed by atoms with van der Waals surface area (Å²) in [6, 6.07) is 13.5. The zero-order valence-electron chi connectivity index (χ0n) is 16.8. The van der Waals surface area contributed by atoms with Gasteiger partial charge >= 0.3 is 0 Å². The van der Waals surface area contributed by atoms with E-state index in [-0.39, 0.29) is 29.1 Å². The van der Waals surface area contributed by atoms with Crippen LogP contribution in [0.3, 0.4) is 0 Å². The van der Waals surface area contributed by atoms with Crippen molar-refractivity contribution in [3.63, 3.8) is 0 Å². The SMILES string of the molecule is CCCCCCN1C(=O)C(=O)/C(=C(/O)c2ccccc2)C1c1ccccc1[N+](=O)[O-]. The lowest BCUT2D eigenvalue weighted by molar-refractivity contribution is -0.385. The summed E-state index contributed by atoms with van der Waals surface area (Å²) in [6.07, 6.45) is 3.55. The molecule has 30 heavy (non-hydrogen) atoms. The molecule has 0 bridgehead atoms. The lowest BCUT2D eigenvalue weighted by Gasteiger charge is -2.25. The number of rotatable bonds is 8. The number of Topliss-reactive ketones (excluding diaryl/α,β-unsaturated/α-hetero) is 1. The van der Waals surface area contributed by atoms with E-state index in [1.54, 1.807) is 36.4 Å². The second-order valence-corrected chi connectivity index (χ2v) is 7.24. The molecule has 0 radical (unpaired) electrons. The van der Waals surface area contributed by atoms with E-state index in [9.17, 15) is 24.8 Å². The Morgan fingerprint density at radius 1 is 1.03 bits per heavy atom. The molecule has 3 rings (SSSR count). The summed E-state index contributed by atoms with van der Waals surface area (Å²) >= 11 is 0. The Morgan fingerprint density at radius 2 is 1.70 bits per heavy atom. The number of aliphatic hydroxyl groups is 1. The number of hydrogen-bond donors (Lipinski definition) is 1. The van der Waals surface area contributed by atoms with Crippen molar-refractivity contribution >= 4 is 23.1 Å². The average Bonchev–Trinajstić information content (AvgIpc) is 3.01. The van der Waals surface area contributed by atoms with Gasteiger partial charge in [0, 0.05) is 18.2 Å². The van der Waals surface area contributed by atoms with E-state index < -0.39 is 22.7 Å². The number of nitro groups is 1. The summed E-state index contributed by atoms with van der Waals surface area (Å²) in [5.74, 6) is -1.89. The molecule has 156 valence electrons. The quantitative estimate of drug-likeness (QED) is 0.172. The molecular formula is C23H24N2O5. The topological polar surface area (TPSA) is 101 Å². The van der Waals surface area contributed by atoms with Gasteiger partial charge < -0.3 is 10.0 Å². The maximum absolute atomic E-state index is 12.9. The van der Waals surface area contributed by atoms with Gasteiger partial charge in [-0.2, -0.15) is 0 Å². The van der Waals surface area contributed by atoms with Crippen LogP contribution in [-0.2, 0) is 9.59 Å². The number of carbonyl (C=O) groups is 2. The number of likely N-dealkylation sites (tertiary alicyclic amines) is 1. The minimum Gasteiger partial charge on any atom is -0.507 e. The fourth-order valence-corrected chi connectivity index (χ4v) is 3.78. The molecule has 1 amide bonds. The number of carbonyl (C=O) groups excluding carboxylic acids is 2. The van der Waals surface area contributed by atoms with Gasteiger partial charge in [-0.05, 0) is 12.5 Å². The van der Waals surface area contributed by atoms with Gasteiger partial charge in [0.05, 0.1) is 22.1 Å². The summed E-state index contributed by atoms with van der Waals surface area (Å²) in [6.45, 7) is 2.35. The van der Waals surface area contributed by atoms with Crippen LogP contribution in [0.25, 0.3) is 5.76 Å². The van der Waals surface area contributed by atoms with Gasteiger partial charge in [-0.15, -0.1) is 0 Å². The maximum Gasteiger partial charge on any atom is 0.295 e. The molecule has 1 atom stereocenters. The van der Waals surface area contributed by atoms with Crippen LogP contribution >= 0.6 is 0 Å². The Bertz CT molecular complexity index is 984. The number of para-hydroxylation sites is 1. The number of ketones is 1. The molecule has 0 aromatic heterocycles. The second-order valence-electron chi connectivity index (χ2n) is 7.24. The Morgan fingerprint density at radius 3 is 2.37 bits per heavy atom. The van der Waals surface area contributed by atoms with Gasteiger partial charge in [-0.3, -0.25) is 19.7 Å². The molecule has 2 aromatic carbocycles. The van der Waals surface area contributed by atoms with Crippen molar-refractivity contribution in [2.24, 2.45) is 0 Å². The van der Waals surface area contributed by atoms with Gasteiger partial charge in [0.2, 0.25) is 0 Å². The first-order valence-electron chi connectivity index (χ1n) is 10.0. The number of nitrogens with zero attached hydrogens (tertiary/aromatic N) is 2. The van der Waals surface area contributed by atoms with E-state index in [0.717, 1.165) is 19.3 Å². The Balaban J connectivity index is 2.14. The van der Waals surface area contributed by atoms with E-state index in [1.165, 1.54) is 23.1 Å². The summed E-state index contributed by atoms with van der Waals surface area (Å²) < 4.78 is 0. The normalized spacial score (nSPS) is 18.0. The van der Waals surface area contributed by atoms with Crippen LogP contribution in [0.15, 0.2) is 60.2 Å². The van der Waals surface area contributed by atoms with Crippen molar-refractivity contribution in [2.45, 2.75) is 38.6 Å². The third-order valence-corrected chi connectivity index (χ3v) is 5.27. The number of nitro benzene ring substituents is 1. The molecule has 1 saturated heterocycles. The smallest absolute Gasteiger partial charge is 0.295 e. The van der Waals surface area contributed by atoms with Crippen LogP contribution in [0, 0.1) is 10.1 Å². The minimum atomic E-state index is -1.01. The van der Waals surface area contributed by atoms with Crippen LogP contribution in [0.4, 0.5) is 5.69 Å². The number of hydrogen-bond acceptors (Lipinski definition) is 5. The summed E-state index contributed by atoms with van der Waals surface area (Å²) in [7, 11) is 0. The monoisotopic (exact) mass is 408 g/mol. The largest absolute Gasteiger partial charge is 0.507 e. The fourth-order valence-electron chi connectivity index (χ4n) is 3.78. The molecule has 1 unspecified atom stereocenters. The van der Waals surface area contributed by atoms with E-state index >= 15 is 0 Å². The number of aliphatic hydroxyl groups excluding tert-OH is 1. The molecule has 0 saturated carbocycles. The molecule has 2 aromatic rings. The van der Waals surface area contributed by atoms with E-state index in [0.29, 0.717) is 12.0 Å². The summed E-state index contributed by atoms with van der Waals surface area (Å²) in [4.78, 5) is 38.2. The van der Waals surface area contributed by atoms with E-state index in [4.69, 9.17) is 0 Å². The molecule has 7 heteroatoms.